The van der Waals surface area contributed by atoms with Gasteiger partial charge in [-0.3, -0.25) is 0 Å². The maximum absolute atomic E-state index is 9.49. The van der Waals surface area contributed by atoms with Gasteiger partial charge in [0.25, 0.3) is 0 Å². The van der Waals surface area contributed by atoms with E-state index < -0.39 is 5.60 Å². The molecule has 1 unspecified atom stereocenters. The summed E-state index contributed by atoms with van der Waals surface area (Å²) in [5.41, 5.74) is -0.588. The number of rotatable bonds is 4. The number of ether oxygens (including phenoxy) is 1. The molecule has 0 radical (unpaired) electrons. The molecule has 3 nitrogen and oxygen atoms in total. The van der Waals surface area contributed by atoms with Crippen LogP contribution in [0.5, 0.6) is 0 Å². The fourth-order valence-electron chi connectivity index (χ4n) is 1.76. The van der Waals surface area contributed by atoms with Crippen LogP contribution in [0.2, 0.25) is 0 Å². The lowest BCUT2D eigenvalue weighted by molar-refractivity contribution is -0.0165. The van der Waals surface area contributed by atoms with E-state index in [1.807, 2.05) is 0 Å². The third-order valence-electron chi connectivity index (χ3n) is 2.48. The van der Waals surface area contributed by atoms with E-state index in [0.29, 0.717) is 12.6 Å². The van der Waals surface area contributed by atoms with Crippen molar-refractivity contribution >= 4 is 0 Å². The SMILES string of the molecule is CC(C)(O)CNCC1CCC(C)(C)O1. The maximum atomic E-state index is 9.49. The van der Waals surface area contributed by atoms with Crippen LogP contribution >= 0.6 is 0 Å². The summed E-state index contributed by atoms with van der Waals surface area (Å²) in [6, 6.07) is 0. The lowest BCUT2D eigenvalue weighted by atomic mass is 10.1. The summed E-state index contributed by atoms with van der Waals surface area (Å²) in [6.45, 7) is 9.32. The minimum Gasteiger partial charge on any atom is -0.389 e. The molecule has 0 amide bonds. The highest BCUT2D eigenvalue weighted by molar-refractivity contribution is 4.82. The second-order valence-electron chi connectivity index (χ2n) is 5.48. The zero-order valence-corrected chi connectivity index (χ0v) is 9.76. The van der Waals surface area contributed by atoms with Gasteiger partial charge in [-0.25, -0.2) is 0 Å². The van der Waals surface area contributed by atoms with Gasteiger partial charge in [-0.1, -0.05) is 0 Å². The Morgan fingerprint density at radius 2 is 2.14 bits per heavy atom. The van der Waals surface area contributed by atoms with Crippen molar-refractivity contribution in [3.05, 3.63) is 0 Å². The van der Waals surface area contributed by atoms with Crippen molar-refractivity contribution in [1.82, 2.24) is 5.32 Å². The van der Waals surface area contributed by atoms with Crippen LogP contribution in [0.25, 0.3) is 0 Å². The fraction of sp³-hybridized carbons (Fsp3) is 1.00. The monoisotopic (exact) mass is 201 g/mol. The van der Waals surface area contributed by atoms with Gasteiger partial charge < -0.3 is 15.2 Å². The van der Waals surface area contributed by atoms with E-state index >= 15 is 0 Å². The van der Waals surface area contributed by atoms with Gasteiger partial charge in [-0.05, 0) is 40.5 Å². The number of aliphatic hydroxyl groups is 1. The Balaban J connectivity index is 2.15. The summed E-state index contributed by atoms with van der Waals surface area (Å²) in [7, 11) is 0. The van der Waals surface area contributed by atoms with Crippen molar-refractivity contribution in [2.75, 3.05) is 13.1 Å². The molecular formula is C11H23NO2. The van der Waals surface area contributed by atoms with E-state index in [1.54, 1.807) is 13.8 Å². The molecule has 1 fully saturated rings. The molecule has 0 aromatic rings. The quantitative estimate of drug-likeness (QED) is 0.720. The highest BCUT2D eigenvalue weighted by Gasteiger charge is 2.31. The van der Waals surface area contributed by atoms with Crippen molar-refractivity contribution in [1.29, 1.82) is 0 Å². The molecular weight excluding hydrogens is 178 g/mol. The smallest absolute Gasteiger partial charge is 0.0715 e. The topological polar surface area (TPSA) is 41.5 Å². The Labute approximate surface area is 86.8 Å². The number of nitrogens with one attached hydrogen (secondary N) is 1. The van der Waals surface area contributed by atoms with Gasteiger partial charge in [-0.15, -0.1) is 0 Å². The van der Waals surface area contributed by atoms with Crippen LogP contribution in [-0.2, 0) is 4.74 Å². The Morgan fingerprint density at radius 1 is 1.50 bits per heavy atom. The molecule has 0 bridgehead atoms. The Hall–Kier alpha value is -0.120. The molecule has 1 atom stereocenters. The van der Waals surface area contributed by atoms with Gasteiger partial charge in [0, 0.05) is 13.1 Å². The summed E-state index contributed by atoms with van der Waals surface area (Å²) in [5, 5.41) is 12.7. The molecule has 14 heavy (non-hydrogen) atoms. The Bertz CT molecular complexity index is 184. The third kappa shape index (κ3) is 4.40. The van der Waals surface area contributed by atoms with E-state index in [2.05, 4.69) is 19.2 Å². The molecule has 3 heteroatoms. The Kier molecular flexibility index (Phi) is 3.56. The molecule has 1 aliphatic rings. The second-order valence-corrected chi connectivity index (χ2v) is 5.48. The fourth-order valence-corrected chi connectivity index (χ4v) is 1.76. The lowest BCUT2D eigenvalue weighted by Gasteiger charge is -2.22. The minimum absolute atomic E-state index is 0.0427. The van der Waals surface area contributed by atoms with Crippen LogP contribution in [-0.4, -0.2) is 35.5 Å². The zero-order valence-electron chi connectivity index (χ0n) is 9.76. The second kappa shape index (κ2) is 4.17. The Morgan fingerprint density at radius 3 is 2.57 bits per heavy atom. The number of hydrogen-bond donors (Lipinski definition) is 2. The molecule has 1 heterocycles. The van der Waals surface area contributed by atoms with E-state index in [-0.39, 0.29) is 5.60 Å². The van der Waals surface area contributed by atoms with E-state index in [4.69, 9.17) is 4.74 Å². The van der Waals surface area contributed by atoms with Gasteiger partial charge in [0.15, 0.2) is 0 Å². The van der Waals surface area contributed by atoms with E-state index in [9.17, 15) is 5.11 Å². The summed E-state index contributed by atoms with van der Waals surface area (Å²) >= 11 is 0. The average Bonchev–Trinajstić information content (AvgIpc) is 2.27. The zero-order chi connectivity index (χ0) is 10.8. The van der Waals surface area contributed by atoms with Crippen molar-refractivity contribution < 1.29 is 9.84 Å². The average molecular weight is 201 g/mol. The highest BCUT2D eigenvalue weighted by Crippen LogP contribution is 2.28. The highest BCUT2D eigenvalue weighted by atomic mass is 16.5. The van der Waals surface area contributed by atoms with Crippen molar-refractivity contribution in [2.24, 2.45) is 0 Å². The number of hydrogen-bond acceptors (Lipinski definition) is 3. The summed E-state index contributed by atoms with van der Waals surface area (Å²) < 4.78 is 5.82. The van der Waals surface area contributed by atoms with Crippen LogP contribution < -0.4 is 5.32 Å². The molecule has 0 spiro atoms. The normalized spacial score (nSPS) is 26.8. The summed E-state index contributed by atoms with van der Waals surface area (Å²) in [4.78, 5) is 0. The van der Waals surface area contributed by atoms with Crippen LogP contribution in [0.1, 0.15) is 40.5 Å². The van der Waals surface area contributed by atoms with Crippen molar-refractivity contribution in [3.8, 4) is 0 Å². The third-order valence-corrected chi connectivity index (χ3v) is 2.48. The maximum Gasteiger partial charge on any atom is 0.0715 e. The standard InChI is InChI=1S/C11H23NO2/c1-10(2,13)8-12-7-9-5-6-11(3,4)14-9/h9,12-13H,5-8H2,1-4H3. The van der Waals surface area contributed by atoms with Crippen LogP contribution in [0.3, 0.4) is 0 Å². The largest absolute Gasteiger partial charge is 0.389 e. The summed E-state index contributed by atoms with van der Waals surface area (Å²) in [5.74, 6) is 0. The van der Waals surface area contributed by atoms with Gasteiger partial charge in [-0.2, -0.15) is 0 Å². The van der Waals surface area contributed by atoms with Crippen LogP contribution in [0.4, 0.5) is 0 Å². The van der Waals surface area contributed by atoms with Gasteiger partial charge >= 0.3 is 0 Å². The molecule has 0 saturated carbocycles. The molecule has 84 valence electrons. The molecule has 0 aliphatic carbocycles. The molecule has 0 aromatic heterocycles. The first-order valence-electron chi connectivity index (χ1n) is 5.39. The lowest BCUT2D eigenvalue weighted by Crippen LogP contribution is -2.39. The first-order chi connectivity index (χ1) is 6.29. The van der Waals surface area contributed by atoms with E-state index in [1.165, 1.54) is 0 Å². The predicted octanol–water partition coefficient (Wildman–Crippen LogP) is 1.30. The van der Waals surface area contributed by atoms with Crippen LogP contribution in [0, 0.1) is 0 Å². The molecule has 0 aromatic carbocycles. The van der Waals surface area contributed by atoms with Gasteiger partial charge in [0.2, 0.25) is 0 Å². The molecule has 1 aliphatic heterocycles. The minimum atomic E-state index is -0.631. The molecule has 1 saturated heterocycles. The molecule has 1 rings (SSSR count). The first kappa shape index (κ1) is 12.0. The van der Waals surface area contributed by atoms with Crippen LogP contribution in [0.15, 0.2) is 0 Å². The predicted molar refractivity (Wildman–Crippen MR) is 57.4 cm³/mol. The summed E-state index contributed by atoms with van der Waals surface area (Å²) in [6.07, 6.45) is 2.56. The van der Waals surface area contributed by atoms with Crippen molar-refractivity contribution in [3.63, 3.8) is 0 Å². The van der Waals surface area contributed by atoms with E-state index in [0.717, 1.165) is 19.4 Å². The van der Waals surface area contributed by atoms with Gasteiger partial charge in [0.1, 0.15) is 0 Å². The molecule has 2 N–H and O–H groups in total. The van der Waals surface area contributed by atoms with Gasteiger partial charge in [0.05, 0.1) is 17.3 Å². The first-order valence-corrected chi connectivity index (χ1v) is 5.39. The van der Waals surface area contributed by atoms with Crippen molar-refractivity contribution in [2.45, 2.75) is 57.8 Å².